The molecular weight excluding hydrogens is 342 g/mol. The Balaban J connectivity index is 2.40. The molecule has 1 amide bonds. The number of sulfone groups is 1. The van der Waals surface area contributed by atoms with Crippen LogP contribution in [0.3, 0.4) is 0 Å². The number of rotatable bonds is 5. The van der Waals surface area contributed by atoms with E-state index in [2.05, 4.69) is 5.32 Å². The summed E-state index contributed by atoms with van der Waals surface area (Å²) in [4.78, 5) is 24.1. The topological polar surface area (TPSA) is 89.5 Å². The minimum Gasteiger partial charge on any atom is -0.444 e. The quantitative estimate of drug-likeness (QED) is 0.807. The van der Waals surface area contributed by atoms with Crippen LogP contribution in [-0.4, -0.2) is 42.9 Å². The van der Waals surface area contributed by atoms with Gasteiger partial charge in [-0.2, -0.15) is 0 Å². The maximum Gasteiger partial charge on any atom is 0.408 e. The van der Waals surface area contributed by atoms with E-state index in [1.54, 1.807) is 32.9 Å². The summed E-state index contributed by atoms with van der Waals surface area (Å²) in [7, 11) is -3.54. The van der Waals surface area contributed by atoms with Gasteiger partial charge < -0.3 is 14.8 Å². The molecule has 1 saturated carbocycles. The third-order valence-corrected chi connectivity index (χ3v) is 6.56. The molecule has 3 unspecified atom stereocenters. The summed E-state index contributed by atoms with van der Waals surface area (Å²) < 4.78 is 30.2. The zero-order valence-electron chi connectivity index (χ0n) is 15.2. The maximum atomic E-state index is 12.5. The lowest BCUT2D eigenvalue weighted by atomic mass is 10.1. The summed E-state index contributed by atoms with van der Waals surface area (Å²) in [6, 6.07) is 7.29. The SMILES string of the molecule is CCS(=O)(=O)C1C(c2ccc(C)cc2)C1(C=O)NC(=O)OC(C)(C)C. The highest BCUT2D eigenvalue weighted by molar-refractivity contribution is 7.92. The van der Waals surface area contributed by atoms with E-state index in [0.29, 0.717) is 11.8 Å². The summed E-state index contributed by atoms with van der Waals surface area (Å²) in [5, 5.41) is 1.53. The number of amides is 1. The van der Waals surface area contributed by atoms with E-state index >= 15 is 0 Å². The molecule has 0 radical (unpaired) electrons. The molecule has 2 rings (SSSR count). The Morgan fingerprint density at radius 1 is 1.28 bits per heavy atom. The van der Waals surface area contributed by atoms with Crippen molar-refractivity contribution in [2.75, 3.05) is 5.75 Å². The van der Waals surface area contributed by atoms with Crippen LogP contribution < -0.4 is 5.32 Å². The predicted molar refractivity (Wildman–Crippen MR) is 95.3 cm³/mol. The van der Waals surface area contributed by atoms with Gasteiger partial charge in [0.05, 0.1) is 0 Å². The summed E-state index contributed by atoms with van der Waals surface area (Å²) in [5.74, 6) is -0.728. The molecule has 6 nitrogen and oxygen atoms in total. The molecule has 25 heavy (non-hydrogen) atoms. The molecule has 1 aromatic rings. The summed E-state index contributed by atoms with van der Waals surface area (Å²) in [6.45, 7) is 8.55. The monoisotopic (exact) mass is 367 g/mol. The van der Waals surface area contributed by atoms with Gasteiger partial charge in [0.15, 0.2) is 9.84 Å². The van der Waals surface area contributed by atoms with Crippen LogP contribution in [0.15, 0.2) is 24.3 Å². The second-order valence-corrected chi connectivity index (χ2v) is 9.85. The summed E-state index contributed by atoms with van der Waals surface area (Å²) >= 11 is 0. The molecule has 0 saturated heterocycles. The van der Waals surface area contributed by atoms with E-state index in [0.717, 1.165) is 5.56 Å². The number of carbonyl (C=O) groups excluding carboxylic acids is 2. The van der Waals surface area contributed by atoms with Gasteiger partial charge in [-0.05, 0) is 33.3 Å². The van der Waals surface area contributed by atoms with Crippen molar-refractivity contribution < 1.29 is 22.7 Å². The van der Waals surface area contributed by atoms with Crippen molar-refractivity contribution >= 4 is 22.2 Å². The number of alkyl carbamates (subject to hydrolysis) is 1. The molecule has 7 heteroatoms. The highest BCUT2D eigenvalue weighted by Gasteiger charge is 2.72. The van der Waals surface area contributed by atoms with Crippen LogP contribution in [0.25, 0.3) is 0 Å². The maximum absolute atomic E-state index is 12.5. The first-order valence-electron chi connectivity index (χ1n) is 8.22. The van der Waals surface area contributed by atoms with Crippen LogP contribution in [0, 0.1) is 6.92 Å². The molecular formula is C18H25NO5S. The Labute approximate surface area is 148 Å². The van der Waals surface area contributed by atoms with Crippen LogP contribution in [0.4, 0.5) is 4.79 Å². The van der Waals surface area contributed by atoms with Crippen molar-refractivity contribution in [1.29, 1.82) is 0 Å². The first-order chi connectivity index (χ1) is 11.5. The number of nitrogens with one attached hydrogen (secondary N) is 1. The average molecular weight is 367 g/mol. The van der Waals surface area contributed by atoms with Crippen LogP contribution in [0.5, 0.6) is 0 Å². The third-order valence-electron chi connectivity index (χ3n) is 4.32. The highest BCUT2D eigenvalue weighted by Crippen LogP contribution is 2.55. The molecule has 1 N–H and O–H groups in total. The van der Waals surface area contributed by atoms with Crippen molar-refractivity contribution in [3.8, 4) is 0 Å². The van der Waals surface area contributed by atoms with Crippen LogP contribution >= 0.6 is 0 Å². The van der Waals surface area contributed by atoms with Crippen molar-refractivity contribution in [3.63, 3.8) is 0 Å². The first kappa shape index (κ1) is 19.4. The van der Waals surface area contributed by atoms with Crippen LogP contribution in [0.1, 0.15) is 44.7 Å². The van der Waals surface area contributed by atoms with E-state index in [1.807, 2.05) is 19.1 Å². The molecule has 0 bridgehead atoms. The number of benzene rings is 1. The molecule has 1 fully saturated rings. The Kier molecular flexibility index (Phi) is 5.01. The molecule has 1 aliphatic rings. The minimum absolute atomic E-state index is 0.106. The van der Waals surface area contributed by atoms with E-state index < -0.39 is 38.2 Å². The number of carbonyl (C=O) groups is 2. The van der Waals surface area contributed by atoms with E-state index in [1.165, 1.54) is 6.92 Å². The van der Waals surface area contributed by atoms with Crippen molar-refractivity contribution in [2.45, 2.75) is 56.9 Å². The second kappa shape index (κ2) is 6.44. The molecule has 1 aromatic carbocycles. The van der Waals surface area contributed by atoms with Gasteiger partial charge in [-0.15, -0.1) is 0 Å². The van der Waals surface area contributed by atoms with Crippen molar-refractivity contribution in [2.24, 2.45) is 0 Å². The van der Waals surface area contributed by atoms with E-state index in [9.17, 15) is 18.0 Å². The van der Waals surface area contributed by atoms with Gasteiger partial charge in [-0.25, -0.2) is 13.2 Å². The lowest BCUT2D eigenvalue weighted by molar-refractivity contribution is -0.110. The van der Waals surface area contributed by atoms with E-state index in [-0.39, 0.29) is 5.75 Å². The Hall–Kier alpha value is -1.89. The summed E-state index contributed by atoms with van der Waals surface area (Å²) in [5.41, 5.74) is -0.513. The van der Waals surface area contributed by atoms with Gasteiger partial charge in [-0.3, -0.25) is 0 Å². The fraction of sp³-hybridized carbons (Fsp3) is 0.556. The molecule has 138 valence electrons. The molecule has 0 aliphatic heterocycles. The summed E-state index contributed by atoms with van der Waals surface area (Å²) in [6.07, 6.45) is -0.273. The van der Waals surface area contributed by atoms with Gasteiger partial charge in [0.2, 0.25) is 0 Å². The minimum atomic E-state index is -3.54. The Morgan fingerprint density at radius 2 is 1.84 bits per heavy atom. The molecule has 1 aliphatic carbocycles. The zero-order valence-corrected chi connectivity index (χ0v) is 16.0. The van der Waals surface area contributed by atoms with Crippen molar-refractivity contribution in [3.05, 3.63) is 35.4 Å². The van der Waals surface area contributed by atoms with Crippen molar-refractivity contribution in [1.82, 2.24) is 5.32 Å². The van der Waals surface area contributed by atoms with E-state index in [4.69, 9.17) is 4.74 Å². The fourth-order valence-electron chi connectivity index (χ4n) is 3.08. The number of aryl methyl sites for hydroxylation is 1. The van der Waals surface area contributed by atoms with Crippen LogP contribution in [0.2, 0.25) is 0 Å². The standard InChI is InChI=1S/C18H25NO5S/c1-6-25(22,23)15-14(13-9-7-12(2)8-10-13)18(15,11-20)19-16(21)24-17(3,4)5/h7-11,14-15H,6H2,1-5H3,(H,19,21). The third kappa shape index (κ3) is 3.86. The fourth-order valence-corrected chi connectivity index (χ4v) is 5.01. The lowest BCUT2D eigenvalue weighted by Crippen LogP contribution is -2.45. The average Bonchev–Trinajstić information content (AvgIpc) is 3.15. The Morgan fingerprint density at radius 3 is 2.28 bits per heavy atom. The van der Waals surface area contributed by atoms with Gasteiger partial charge in [0.25, 0.3) is 0 Å². The number of hydrogen-bond donors (Lipinski definition) is 1. The smallest absolute Gasteiger partial charge is 0.408 e. The second-order valence-electron chi connectivity index (χ2n) is 7.44. The van der Waals surface area contributed by atoms with Crippen LogP contribution in [-0.2, 0) is 19.4 Å². The molecule has 0 heterocycles. The van der Waals surface area contributed by atoms with Gasteiger partial charge >= 0.3 is 6.09 Å². The molecule has 0 spiro atoms. The number of aldehydes is 1. The first-order valence-corrected chi connectivity index (χ1v) is 9.94. The Bertz CT molecular complexity index is 764. The van der Waals surface area contributed by atoms with Gasteiger partial charge in [0, 0.05) is 11.7 Å². The molecule has 0 aromatic heterocycles. The number of hydrogen-bond acceptors (Lipinski definition) is 5. The normalized spacial score (nSPS) is 26.0. The highest BCUT2D eigenvalue weighted by atomic mass is 32.2. The zero-order chi connectivity index (χ0) is 19.0. The number of ether oxygens (including phenoxy) is 1. The lowest BCUT2D eigenvalue weighted by Gasteiger charge is -2.22. The predicted octanol–water partition coefficient (Wildman–Crippen LogP) is 2.36. The molecule has 3 atom stereocenters. The van der Waals surface area contributed by atoms with Gasteiger partial charge in [-0.1, -0.05) is 36.8 Å². The van der Waals surface area contributed by atoms with Gasteiger partial charge in [0.1, 0.15) is 22.7 Å². The largest absolute Gasteiger partial charge is 0.444 e.